The number of carbonyl (C=O) groups is 1. The van der Waals surface area contributed by atoms with Crippen molar-refractivity contribution >= 4 is 28.6 Å². The van der Waals surface area contributed by atoms with Crippen LogP contribution in [0, 0.1) is 0 Å². The minimum Gasteiger partial charge on any atom is -0.482 e. The summed E-state index contributed by atoms with van der Waals surface area (Å²) in [7, 11) is 0. The summed E-state index contributed by atoms with van der Waals surface area (Å²) in [4.78, 5) is 15.6. The van der Waals surface area contributed by atoms with Gasteiger partial charge in [0.05, 0.1) is 22.9 Å². The van der Waals surface area contributed by atoms with Crippen LogP contribution in [0.1, 0.15) is 18.7 Å². The molecule has 0 radical (unpaired) electrons. The topological polar surface area (TPSA) is 63.2 Å². The summed E-state index contributed by atoms with van der Waals surface area (Å²) in [6.07, 6.45) is 0. The van der Waals surface area contributed by atoms with Gasteiger partial charge in [-0.3, -0.25) is 4.79 Å². The van der Waals surface area contributed by atoms with Crippen molar-refractivity contribution in [1.29, 1.82) is 0 Å². The van der Waals surface area contributed by atoms with Crippen molar-refractivity contribution in [2.45, 2.75) is 13.0 Å². The molecule has 1 unspecified atom stereocenters. The largest absolute Gasteiger partial charge is 0.482 e. The average molecular weight is 275 g/mol. The van der Waals surface area contributed by atoms with Gasteiger partial charge < -0.3 is 15.4 Å². The molecule has 0 saturated carbocycles. The zero-order chi connectivity index (χ0) is 13.2. The second-order valence-corrected chi connectivity index (χ2v) is 5.05. The predicted octanol–water partition coefficient (Wildman–Crippen LogP) is 2.65. The molecular formula is C13H13N3O2S. The molecule has 1 aromatic heterocycles. The van der Waals surface area contributed by atoms with E-state index in [1.54, 1.807) is 11.3 Å². The van der Waals surface area contributed by atoms with Crippen LogP contribution in [-0.2, 0) is 4.79 Å². The second kappa shape index (κ2) is 4.89. The number of benzene rings is 1. The molecule has 19 heavy (non-hydrogen) atoms. The van der Waals surface area contributed by atoms with Crippen molar-refractivity contribution in [3.63, 3.8) is 0 Å². The standard InChI is InChI=1S/C13H13N3O2S/c1-8(11-6-19-7-14-11)15-9-2-3-12-10(4-9)16-13(17)5-18-12/h2-4,6-8,15H,5H2,1H3,(H,16,17). The Morgan fingerprint density at radius 2 is 2.42 bits per heavy atom. The second-order valence-electron chi connectivity index (χ2n) is 4.33. The summed E-state index contributed by atoms with van der Waals surface area (Å²) in [6.45, 7) is 2.12. The molecule has 2 heterocycles. The quantitative estimate of drug-likeness (QED) is 0.904. The SMILES string of the molecule is CC(Nc1ccc2c(c1)NC(=O)CO2)c1cscn1. The zero-order valence-electron chi connectivity index (χ0n) is 10.3. The van der Waals surface area contributed by atoms with E-state index in [1.807, 2.05) is 36.0 Å². The van der Waals surface area contributed by atoms with Crippen molar-refractivity contribution in [3.8, 4) is 5.75 Å². The van der Waals surface area contributed by atoms with Crippen LogP contribution in [0.25, 0.3) is 0 Å². The van der Waals surface area contributed by atoms with Crippen LogP contribution in [0.15, 0.2) is 29.1 Å². The smallest absolute Gasteiger partial charge is 0.262 e. The molecule has 2 N–H and O–H groups in total. The van der Waals surface area contributed by atoms with Gasteiger partial charge in [-0.1, -0.05) is 0 Å². The first-order valence-corrected chi connectivity index (χ1v) is 6.88. The van der Waals surface area contributed by atoms with Crippen LogP contribution in [-0.4, -0.2) is 17.5 Å². The van der Waals surface area contributed by atoms with E-state index in [0.29, 0.717) is 11.4 Å². The molecule has 1 amide bonds. The van der Waals surface area contributed by atoms with Crippen molar-refractivity contribution in [1.82, 2.24) is 4.98 Å². The third-order valence-corrected chi connectivity index (χ3v) is 3.50. The first kappa shape index (κ1) is 12.0. The highest BCUT2D eigenvalue weighted by molar-refractivity contribution is 7.07. The molecule has 5 nitrogen and oxygen atoms in total. The number of hydrogen-bond donors (Lipinski definition) is 2. The van der Waals surface area contributed by atoms with E-state index in [1.165, 1.54) is 0 Å². The molecule has 1 aromatic carbocycles. The zero-order valence-corrected chi connectivity index (χ0v) is 11.2. The van der Waals surface area contributed by atoms with Gasteiger partial charge in [0.1, 0.15) is 5.75 Å². The highest BCUT2D eigenvalue weighted by Crippen LogP contribution is 2.31. The van der Waals surface area contributed by atoms with Gasteiger partial charge in [0.2, 0.25) is 0 Å². The maximum Gasteiger partial charge on any atom is 0.262 e. The molecule has 1 atom stereocenters. The Balaban J connectivity index is 1.79. The third kappa shape index (κ3) is 2.53. The minimum atomic E-state index is -0.128. The van der Waals surface area contributed by atoms with Crippen LogP contribution in [0.3, 0.4) is 0 Å². The number of carbonyl (C=O) groups excluding carboxylic acids is 1. The van der Waals surface area contributed by atoms with E-state index in [-0.39, 0.29) is 18.6 Å². The lowest BCUT2D eigenvalue weighted by molar-refractivity contribution is -0.118. The fourth-order valence-electron chi connectivity index (χ4n) is 1.93. The number of ether oxygens (including phenoxy) is 1. The van der Waals surface area contributed by atoms with Crippen molar-refractivity contribution in [2.75, 3.05) is 17.2 Å². The normalized spacial score (nSPS) is 15.1. The summed E-state index contributed by atoms with van der Waals surface area (Å²) in [5, 5.41) is 8.15. The Kier molecular flexibility index (Phi) is 3.08. The number of nitrogens with one attached hydrogen (secondary N) is 2. The number of nitrogens with zero attached hydrogens (tertiary/aromatic N) is 1. The van der Waals surface area contributed by atoms with Crippen molar-refractivity contribution in [3.05, 3.63) is 34.8 Å². The molecule has 1 aliphatic rings. The summed E-state index contributed by atoms with van der Waals surface area (Å²) in [5.74, 6) is 0.573. The number of fused-ring (bicyclic) bond motifs is 1. The lowest BCUT2D eigenvalue weighted by atomic mass is 10.2. The fourth-order valence-corrected chi connectivity index (χ4v) is 2.58. The minimum absolute atomic E-state index is 0.0784. The molecule has 0 fully saturated rings. The number of thiazole rings is 1. The van der Waals surface area contributed by atoms with Gasteiger partial charge in [0.15, 0.2) is 6.61 Å². The van der Waals surface area contributed by atoms with Gasteiger partial charge in [0, 0.05) is 11.1 Å². The number of anilines is 2. The molecule has 6 heteroatoms. The molecule has 2 aromatic rings. The van der Waals surface area contributed by atoms with Gasteiger partial charge >= 0.3 is 0 Å². The molecule has 0 saturated heterocycles. The summed E-state index contributed by atoms with van der Waals surface area (Å²) >= 11 is 1.57. The Labute approximate surface area is 114 Å². The lowest BCUT2D eigenvalue weighted by Crippen LogP contribution is -2.25. The molecule has 0 spiro atoms. The summed E-state index contributed by atoms with van der Waals surface area (Å²) < 4.78 is 5.32. The number of rotatable bonds is 3. The van der Waals surface area contributed by atoms with Crippen LogP contribution in [0.5, 0.6) is 5.75 Å². The van der Waals surface area contributed by atoms with Gasteiger partial charge in [-0.2, -0.15) is 0 Å². The van der Waals surface area contributed by atoms with E-state index in [9.17, 15) is 4.79 Å². The average Bonchev–Trinajstić information content (AvgIpc) is 2.92. The van der Waals surface area contributed by atoms with Gasteiger partial charge in [-0.05, 0) is 25.1 Å². The summed E-state index contributed by atoms with van der Waals surface area (Å²) in [6, 6.07) is 5.77. The number of hydrogen-bond acceptors (Lipinski definition) is 5. The van der Waals surface area contributed by atoms with E-state index >= 15 is 0 Å². The highest BCUT2D eigenvalue weighted by atomic mass is 32.1. The predicted molar refractivity (Wildman–Crippen MR) is 74.7 cm³/mol. The molecule has 0 bridgehead atoms. The van der Waals surface area contributed by atoms with Crippen LogP contribution in [0.2, 0.25) is 0 Å². The first-order chi connectivity index (χ1) is 9.22. The maximum absolute atomic E-state index is 11.3. The Bertz CT molecular complexity index is 598. The summed E-state index contributed by atoms with van der Waals surface area (Å²) in [5.41, 5.74) is 4.44. The van der Waals surface area contributed by atoms with Crippen LogP contribution < -0.4 is 15.4 Å². The Morgan fingerprint density at radius 1 is 1.53 bits per heavy atom. The van der Waals surface area contributed by atoms with Crippen LogP contribution >= 0.6 is 11.3 Å². The third-order valence-electron chi connectivity index (χ3n) is 2.89. The van der Waals surface area contributed by atoms with E-state index in [2.05, 4.69) is 15.6 Å². The molecule has 1 aliphatic heterocycles. The maximum atomic E-state index is 11.3. The molecule has 0 aliphatic carbocycles. The van der Waals surface area contributed by atoms with Gasteiger partial charge in [-0.15, -0.1) is 11.3 Å². The lowest BCUT2D eigenvalue weighted by Gasteiger charge is -2.20. The van der Waals surface area contributed by atoms with E-state index < -0.39 is 0 Å². The number of amides is 1. The van der Waals surface area contributed by atoms with Crippen molar-refractivity contribution < 1.29 is 9.53 Å². The van der Waals surface area contributed by atoms with Crippen molar-refractivity contribution in [2.24, 2.45) is 0 Å². The van der Waals surface area contributed by atoms with Crippen LogP contribution in [0.4, 0.5) is 11.4 Å². The number of aromatic nitrogens is 1. The first-order valence-electron chi connectivity index (χ1n) is 5.94. The molecular weight excluding hydrogens is 262 g/mol. The molecule has 98 valence electrons. The fraction of sp³-hybridized carbons (Fsp3) is 0.231. The van der Waals surface area contributed by atoms with Gasteiger partial charge in [0.25, 0.3) is 5.91 Å². The highest BCUT2D eigenvalue weighted by Gasteiger charge is 2.16. The monoisotopic (exact) mass is 275 g/mol. The van der Waals surface area contributed by atoms with Gasteiger partial charge in [-0.25, -0.2) is 4.98 Å². The van der Waals surface area contributed by atoms with E-state index in [4.69, 9.17) is 4.74 Å². The van der Waals surface area contributed by atoms with E-state index in [0.717, 1.165) is 11.4 Å². The Morgan fingerprint density at radius 3 is 3.21 bits per heavy atom. The Hall–Kier alpha value is -2.08. The molecule has 3 rings (SSSR count).